The van der Waals surface area contributed by atoms with Crippen molar-refractivity contribution in [3.63, 3.8) is 0 Å². The summed E-state index contributed by atoms with van der Waals surface area (Å²) in [5, 5.41) is 5.00. The number of nitrogens with zero attached hydrogens (tertiary/aromatic N) is 1. The number of benzene rings is 3. The summed E-state index contributed by atoms with van der Waals surface area (Å²) >= 11 is 17.1. The molecule has 0 saturated heterocycles. The normalized spacial score (nSPS) is 10.9. The molecule has 0 atom stereocenters. The minimum Gasteiger partial charge on any atom is -0.497 e. The van der Waals surface area contributed by atoms with Crippen LogP contribution in [0.3, 0.4) is 0 Å². The Morgan fingerprint density at radius 1 is 1.03 bits per heavy atom. The number of hydrogen-bond acceptors (Lipinski definition) is 6. The second-order valence-corrected chi connectivity index (χ2v) is 9.86. The predicted octanol–water partition coefficient (Wildman–Crippen LogP) is 6.74. The van der Waals surface area contributed by atoms with Crippen LogP contribution in [0, 0.1) is 0 Å². The number of halogens is 3. The van der Waals surface area contributed by atoms with Crippen molar-refractivity contribution in [1.29, 1.82) is 0 Å². The van der Waals surface area contributed by atoms with Crippen molar-refractivity contribution in [2.45, 2.75) is 12.4 Å². The Hall–Kier alpha value is -2.39. The molecule has 10 heteroatoms. The molecule has 0 aliphatic carbocycles. The lowest BCUT2D eigenvalue weighted by atomic mass is 10.2. The van der Waals surface area contributed by atoms with Crippen LogP contribution in [0.25, 0.3) is 0 Å². The monoisotopic (exact) mass is 596 g/mol. The molecule has 3 rings (SSSR count). The molecule has 3 aromatic carbocycles. The Labute approximate surface area is 227 Å². The first-order chi connectivity index (χ1) is 16.9. The van der Waals surface area contributed by atoms with E-state index in [9.17, 15) is 4.79 Å². The van der Waals surface area contributed by atoms with Crippen LogP contribution in [0.4, 0.5) is 0 Å². The van der Waals surface area contributed by atoms with E-state index in [0.717, 1.165) is 28.2 Å². The minimum absolute atomic E-state index is 0.188. The van der Waals surface area contributed by atoms with E-state index in [1.807, 2.05) is 36.4 Å². The molecule has 3 aromatic rings. The standard InChI is InChI=1S/C25H23BrCl2N2O4S/c1-32-19-6-3-16(4-7-19)14-35-15-24(31)30-29-12-18-9-20(26)25(23(11-18)33-2)34-13-17-5-8-21(27)22(28)10-17/h3-12H,13-15H2,1-2H3,(H,30,31)/b29-12-. The molecule has 0 bridgehead atoms. The maximum Gasteiger partial charge on any atom is 0.250 e. The number of hydrazone groups is 1. The third-order valence-electron chi connectivity index (χ3n) is 4.68. The molecule has 0 aliphatic rings. The van der Waals surface area contributed by atoms with Crippen LogP contribution >= 0.6 is 50.9 Å². The molecule has 0 aliphatic heterocycles. The van der Waals surface area contributed by atoms with E-state index in [1.54, 1.807) is 38.6 Å². The van der Waals surface area contributed by atoms with Gasteiger partial charge in [0, 0.05) is 5.75 Å². The largest absolute Gasteiger partial charge is 0.497 e. The summed E-state index contributed by atoms with van der Waals surface area (Å²) in [6, 6.07) is 16.7. The summed E-state index contributed by atoms with van der Waals surface area (Å²) in [4.78, 5) is 12.1. The number of methoxy groups -OCH3 is 2. The second kappa shape index (κ2) is 13.6. The number of carbonyl (C=O) groups excluding carboxylic acids is 1. The molecule has 0 radical (unpaired) electrons. The van der Waals surface area contributed by atoms with Gasteiger partial charge in [0.2, 0.25) is 5.91 Å². The lowest BCUT2D eigenvalue weighted by Gasteiger charge is -2.14. The average Bonchev–Trinajstić information content (AvgIpc) is 2.85. The third kappa shape index (κ3) is 8.35. The van der Waals surface area contributed by atoms with Crippen molar-refractivity contribution < 1.29 is 19.0 Å². The number of nitrogens with one attached hydrogen (secondary N) is 1. The fourth-order valence-corrected chi connectivity index (χ4v) is 4.61. The van der Waals surface area contributed by atoms with Gasteiger partial charge in [0.25, 0.3) is 0 Å². The molecule has 0 heterocycles. The number of ether oxygens (including phenoxy) is 3. The zero-order valence-electron chi connectivity index (χ0n) is 19.0. The fourth-order valence-electron chi connectivity index (χ4n) is 2.93. The highest BCUT2D eigenvalue weighted by molar-refractivity contribution is 9.10. The van der Waals surface area contributed by atoms with Crippen LogP contribution in [0.5, 0.6) is 17.2 Å². The van der Waals surface area contributed by atoms with Crippen LogP contribution < -0.4 is 19.6 Å². The molecule has 1 amide bonds. The zero-order chi connectivity index (χ0) is 25.2. The Morgan fingerprint density at radius 3 is 2.46 bits per heavy atom. The van der Waals surface area contributed by atoms with E-state index in [0.29, 0.717) is 26.0 Å². The van der Waals surface area contributed by atoms with Gasteiger partial charge in [0.15, 0.2) is 11.5 Å². The first kappa shape index (κ1) is 27.2. The van der Waals surface area contributed by atoms with Crippen molar-refractivity contribution in [3.8, 4) is 17.2 Å². The molecular weight excluding hydrogens is 575 g/mol. The summed E-state index contributed by atoms with van der Waals surface area (Å²) in [5.41, 5.74) is 5.25. The molecule has 0 saturated carbocycles. The predicted molar refractivity (Wildman–Crippen MR) is 146 cm³/mol. The van der Waals surface area contributed by atoms with Gasteiger partial charge >= 0.3 is 0 Å². The Morgan fingerprint density at radius 2 is 1.77 bits per heavy atom. The molecule has 0 aromatic heterocycles. The van der Waals surface area contributed by atoms with E-state index in [-0.39, 0.29) is 18.3 Å². The quantitative estimate of drug-likeness (QED) is 0.196. The van der Waals surface area contributed by atoms with Crippen LogP contribution in [-0.4, -0.2) is 32.1 Å². The summed E-state index contributed by atoms with van der Waals surface area (Å²) < 4.78 is 17.2. The first-order valence-corrected chi connectivity index (χ1v) is 13.1. The molecule has 0 fully saturated rings. The van der Waals surface area contributed by atoms with Crippen molar-refractivity contribution in [2.75, 3.05) is 20.0 Å². The third-order valence-corrected chi connectivity index (χ3v) is 7.01. The number of rotatable bonds is 11. The molecular formula is C25H23BrCl2N2O4S. The van der Waals surface area contributed by atoms with Gasteiger partial charge < -0.3 is 14.2 Å². The van der Waals surface area contributed by atoms with Gasteiger partial charge in [-0.25, -0.2) is 5.43 Å². The highest BCUT2D eigenvalue weighted by atomic mass is 79.9. The SMILES string of the molecule is COc1ccc(CSCC(=O)N/N=C\c2cc(Br)c(OCc3ccc(Cl)c(Cl)c3)c(OC)c2)cc1. The number of carbonyl (C=O) groups is 1. The smallest absolute Gasteiger partial charge is 0.250 e. The Bertz CT molecular complexity index is 1190. The Balaban J connectivity index is 1.52. The fraction of sp³-hybridized carbons (Fsp3) is 0.200. The van der Waals surface area contributed by atoms with Gasteiger partial charge in [-0.05, 0) is 69.0 Å². The van der Waals surface area contributed by atoms with Crippen molar-refractivity contribution in [2.24, 2.45) is 5.10 Å². The molecule has 184 valence electrons. The summed E-state index contributed by atoms with van der Waals surface area (Å²) in [7, 11) is 3.18. The molecule has 0 spiro atoms. The molecule has 6 nitrogen and oxygen atoms in total. The van der Waals surface area contributed by atoms with Gasteiger partial charge in [0.1, 0.15) is 12.4 Å². The summed E-state index contributed by atoms with van der Waals surface area (Å²) in [5.74, 6) is 2.68. The van der Waals surface area contributed by atoms with Crippen molar-refractivity contribution in [1.82, 2.24) is 5.43 Å². The van der Waals surface area contributed by atoms with Crippen molar-refractivity contribution >= 4 is 63.0 Å². The minimum atomic E-state index is -0.188. The first-order valence-electron chi connectivity index (χ1n) is 10.4. The van der Waals surface area contributed by atoms with Crippen LogP contribution in [0.2, 0.25) is 10.0 Å². The van der Waals surface area contributed by atoms with E-state index in [2.05, 4.69) is 26.5 Å². The number of hydrogen-bond donors (Lipinski definition) is 1. The molecule has 35 heavy (non-hydrogen) atoms. The second-order valence-electron chi connectivity index (χ2n) is 7.21. The summed E-state index contributed by atoms with van der Waals surface area (Å²) in [6.07, 6.45) is 1.54. The highest BCUT2D eigenvalue weighted by Gasteiger charge is 2.12. The van der Waals surface area contributed by atoms with E-state index in [1.165, 1.54) is 11.8 Å². The van der Waals surface area contributed by atoms with Gasteiger partial charge in [-0.1, -0.05) is 41.4 Å². The van der Waals surface area contributed by atoms with Gasteiger partial charge in [-0.15, -0.1) is 11.8 Å². The lowest BCUT2D eigenvalue weighted by Crippen LogP contribution is -2.19. The van der Waals surface area contributed by atoms with Crippen LogP contribution in [0.15, 0.2) is 64.2 Å². The topological polar surface area (TPSA) is 69.2 Å². The maximum atomic E-state index is 12.1. The van der Waals surface area contributed by atoms with Gasteiger partial charge in [-0.2, -0.15) is 5.10 Å². The van der Waals surface area contributed by atoms with E-state index in [4.69, 9.17) is 37.4 Å². The molecule has 1 N–H and O–H groups in total. The highest BCUT2D eigenvalue weighted by Crippen LogP contribution is 2.37. The number of amides is 1. The maximum absolute atomic E-state index is 12.1. The Kier molecular flexibility index (Phi) is 10.6. The number of thioether (sulfide) groups is 1. The van der Waals surface area contributed by atoms with Gasteiger partial charge in [0.05, 0.1) is 40.7 Å². The van der Waals surface area contributed by atoms with Gasteiger partial charge in [-0.3, -0.25) is 4.79 Å². The molecule has 0 unspecified atom stereocenters. The van der Waals surface area contributed by atoms with Crippen molar-refractivity contribution in [3.05, 3.63) is 85.8 Å². The zero-order valence-corrected chi connectivity index (χ0v) is 22.9. The van der Waals surface area contributed by atoms with E-state index < -0.39 is 0 Å². The lowest BCUT2D eigenvalue weighted by molar-refractivity contribution is -0.118. The van der Waals surface area contributed by atoms with Crippen LogP contribution in [-0.2, 0) is 17.2 Å². The summed E-state index contributed by atoms with van der Waals surface area (Å²) in [6.45, 7) is 0.281. The average molecular weight is 598 g/mol. The van der Waals surface area contributed by atoms with Crippen LogP contribution in [0.1, 0.15) is 16.7 Å². The van der Waals surface area contributed by atoms with E-state index >= 15 is 0 Å².